The number of benzene rings is 2. The van der Waals surface area contributed by atoms with E-state index in [1.807, 2.05) is 13.0 Å². The lowest BCUT2D eigenvalue weighted by Crippen LogP contribution is -2.13. The number of halogens is 2. The zero-order valence-electron chi connectivity index (χ0n) is 10.0. The summed E-state index contributed by atoms with van der Waals surface area (Å²) in [5, 5.41) is 0. The number of sulfonamides is 1. The van der Waals surface area contributed by atoms with E-state index in [1.165, 1.54) is 0 Å². The van der Waals surface area contributed by atoms with E-state index in [9.17, 15) is 8.42 Å². The Balaban J connectivity index is 2.43. The molecule has 0 aliphatic heterocycles. The molecule has 2 aromatic rings. The standard InChI is InChI=1S/C13H11Br2NO2S/c1-9-7-12(15)13(8-11(9)14)19(17,18)16-10-5-3-2-4-6-10/h2-8,16H,1H3. The maximum absolute atomic E-state index is 12.3. The van der Waals surface area contributed by atoms with E-state index in [1.54, 1.807) is 36.4 Å². The number of aryl methyl sites for hydroxylation is 1. The Morgan fingerprint density at radius 3 is 2.26 bits per heavy atom. The molecule has 0 amide bonds. The van der Waals surface area contributed by atoms with E-state index in [-0.39, 0.29) is 4.90 Å². The van der Waals surface area contributed by atoms with Gasteiger partial charge in [-0.25, -0.2) is 8.42 Å². The summed E-state index contributed by atoms with van der Waals surface area (Å²) in [6.07, 6.45) is 0. The lowest BCUT2D eigenvalue weighted by molar-refractivity contribution is 0.600. The number of hydrogen-bond acceptors (Lipinski definition) is 2. The van der Waals surface area contributed by atoms with Crippen molar-refractivity contribution < 1.29 is 8.42 Å². The maximum Gasteiger partial charge on any atom is 0.263 e. The molecule has 0 spiro atoms. The van der Waals surface area contributed by atoms with Crippen LogP contribution < -0.4 is 4.72 Å². The number of nitrogens with one attached hydrogen (secondary N) is 1. The molecular formula is C13H11Br2NO2S. The smallest absolute Gasteiger partial charge is 0.263 e. The van der Waals surface area contributed by atoms with Crippen LogP contribution in [0, 0.1) is 6.92 Å². The highest BCUT2D eigenvalue weighted by molar-refractivity contribution is 9.11. The molecule has 0 aliphatic rings. The van der Waals surface area contributed by atoms with Crippen LogP contribution in [-0.4, -0.2) is 8.42 Å². The van der Waals surface area contributed by atoms with Gasteiger partial charge in [-0.15, -0.1) is 0 Å². The third-order valence-corrected chi connectivity index (χ3v) is 5.72. The highest BCUT2D eigenvalue weighted by atomic mass is 79.9. The molecular weight excluding hydrogens is 394 g/mol. The molecule has 2 rings (SSSR count). The first-order valence-electron chi connectivity index (χ1n) is 5.43. The van der Waals surface area contributed by atoms with Gasteiger partial charge in [-0.1, -0.05) is 34.1 Å². The fourth-order valence-electron chi connectivity index (χ4n) is 1.55. The largest absolute Gasteiger partial charge is 0.280 e. The van der Waals surface area contributed by atoms with Crippen LogP contribution in [0.15, 0.2) is 56.3 Å². The Morgan fingerprint density at radius 2 is 1.63 bits per heavy atom. The maximum atomic E-state index is 12.3. The van der Waals surface area contributed by atoms with Gasteiger partial charge in [0.2, 0.25) is 0 Å². The first kappa shape index (κ1) is 14.6. The summed E-state index contributed by atoms with van der Waals surface area (Å²) in [5.41, 5.74) is 1.50. The second kappa shape index (κ2) is 5.64. The van der Waals surface area contributed by atoms with Crippen LogP contribution in [0.3, 0.4) is 0 Å². The molecule has 0 atom stereocenters. The summed E-state index contributed by atoms with van der Waals surface area (Å²) in [5.74, 6) is 0. The summed E-state index contributed by atoms with van der Waals surface area (Å²) < 4.78 is 28.5. The quantitative estimate of drug-likeness (QED) is 0.827. The number of rotatable bonds is 3. The zero-order chi connectivity index (χ0) is 14.0. The Morgan fingerprint density at radius 1 is 1.00 bits per heavy atom. The van der Waals surface area contributed by atoms with E-state index < -0.39 is 10.0 Å². The summed E-state index contributed by atoms with van der Waals surface area (Å²) in [7, 11) is -3.61. The Kier molecular flexibility index (Phi) is 4.32. The predicted molar refractivity (Wildman–Crippen MR) is 83.8 cm³/mol. The van der Waals surface area contributed by atoms with Crippen LogP contribution in [0.25, 0.3) is 0 Å². The molecule has 0 radical (unpaired) electrons. The molecule has 0 aromatic heterocycles. The van der Waals surface area contributed by atoms with Crippen molar-refractivity contribution in [2.75, 3.05) is 4.72 Å². The fraction of sp³-hybridized carbons (Fsp3) is 0.0769. The van der Waals surface area contributed by atoms with Gasteiger partial charge in [-0.05, 0) is 52.7 Å². The van der Waals surface area contributed by atoms with Crippen molar-refractivity contribution in [3.8, 4) is 0 Å². The molecule has 0 saturated carbocycles. The first-order valence-corrected chi connectivity index (χ1v) is 8.50. The Labute approximate surface area is 129 Å². The van der Waals surface area contributed by atoms with Crippen LogP contribution in [-0.2, 0) is 10.0 Å². The molecule has 6 heteroatoms. The van der Waals surface area contributed by atoms with E-state index in [0.717, 1.165) is 10.0 Å². The summed E-state index contributed by atoms with van der Waals surface area (Å²) >= 11 is 6.64. The highest BCUT2D eigenvalue weighted by Crippen LogP contribution is 2.29. The SMILES string of the molecule is Cc1cc(Br)c(S(=O)(=O)Nc2ccccc2)cc1Br. The molecule has 3 nitrogen and oxygen atoms in total. The molecule has 100 valence electrons. The lowest BCUT2D eigenvalue weighted by Gasteiger charge is -2.11. The fourth-order valence-corrected chi connectivity index (χ4v) is 4.29. The molecule has 0 unspecified atom stereocenters. The third-order valence-electron chi connectivity index (χ3n) is 2.53. The third kappa shape index (κ3) is 3.38. The van der Waals surface area contributed by atoms with Crippen LogP contribution in [0.2, 0.25) is 0 Å². The predicted octanol–water partition coefficient (Wildman–Crippen LogP) is 4.32. The molecule has 0 bridgehead atoms. The summed E-state index contributed by atoms with van der Waals surface area (Å²) in [6, 6.07) is 12.1. The van der Waals surface area contributed by atoms with Gasteiger partial charge in [0.05, 0.1) is 0 Å². The molecule has 0 heterocycles. The number of anilines is 1. The second-order valence-corrected chi connectivity index (χ2v) is 7.36. The minimum atomic E-state index is -3.61. The minimum Gasteiger partial charge on any atom is -0.280 e. The van der Waals surface area contributed by atoms with E-state index in [4.69, 9.17) is 0 Å². The molecule has 0 fully saturated rings. The van der Waals surface area contributed by atoms with Crippen molar-refractivity contribution in [3.05, 3.63) is 57.0 Å². The van der Waals surface area contributed by atoms with Crippen LogP contribution in [0.4, 0.5) is 5.69 Å². The van der Waals surface area contributed by atoms with Crippen molar-refractivity contribution in [1.29, 1.82) is 0 Å². The topological polar surface area (TPSA) is 46.2 Å². The molecule has 2 aromatic carbocycles. The monoisotopic (exact) mass is 403 g/mol. The Hall–Kier alpha value is -0.850. The van der Waals surface area contributed by atoms with E-state index in [2.05, 4.69) is 36.6 Å². The van der Waals surface area contributed by atoms with Gasteiger partial charge in [0, 0.05) is 14.6 Å². The molecule has 0 aliphatic carbocycles. The second-order valence-electron chi connectivity index (χ2n) is 4.00. The van der Waals surface area contributed by atoms with Crippen LogP contribution in [0.5, 0.6) is 0 Å². The number of para-hydroxylation sites is 1. The normalized spacial score (nSPS) is 11.3. The van der Waals surface area contributed by atoms with Crippen molar-refractivity contribution in [3.63, 3.8) is 0 Å². The van der Waals surface area contributed by atoms with Crippen molar-refractivity contribution in [2.45, 2.75) is 11.8 Å². The zero-order valence-corrected chi connectivity index (χ0v) is 14.0. The average Bonchev–Trinajstić information content (AvgIpc) is 2.34. The molecule has 1 N–H and O–H groups in total. The highest BCUT2D eigenvalue weighted by Gasteiger charge is 2.19. The van der Waals surface area contributed by atoms with Gasteiger partial charge in [-0.3, -0.25) is 4.72 Å². The van der Waals surface area contributed by atoms with Gasteiger partial charge < -0.3 is 0 Å². The average molecular weight is 405 g/mol. The van der Waals surface area contributed by atoms with Gasteiger partial charge >= 0.3 is 0 Å². The van der Waals surface area contributed by atoms with E-state index in [0.29, 0.717) is 10.2 Å². The van der Waals surface area contributed by atoms with E-state index >= 15 is 0 Å². The van der Waals surface area contributed by atoms with Crippen molar-refractivity contribution >= 4 is 47.6 Å². The minimum absolute atomic E-state index is 0.203. The first-order chi connectivity index (χ1) is 8.90. The van der Waals surface area contributed by atoms with Gasteiger partial charge in [0.15, 0.2) is 0 Å². The number of hydrogen-bond donors (Lipinski definition) is 1. The molecule has 0 saturated heterocycles. The summed E-state index contributed by atoms with van der Waals surface area (Å²) in [6.45, 7) is 1.90. The Bertz CT molecular complexity index is 700. The lowest BCUT2D eigenvalue weighted by atomic mass is 10.2. The van der Waals surface area contributed by atoms with Crippen LogP contribution >= 0.6 is 31.9 Å². The van der Waals surface area contributed by atoms with Crippen molar-refractivity contribution in [1.82, 2.24) is 0 Å². The van der Waals surface area contributed by atoms with Crippen LogP contribution in [0.1, 0.15) is 5.56 Å². The van der Waals surface area contributed by atoms with Gasteiger partial charge in [0.1, 0.15) is 4.90 Å². The van der Waals surface area contributed by atoms with Gasteiger partial charge in [0.25, 0.3) is 10.0 Å². The summed E-state index contributed by atoms with van der Waals surface area (Å²) in [4.78, 5) is 0.203. The van der Waals surface area contributed by atoms with Crippen molar-refractivity contribution in [2.24, 2.45) is 0 Å². The molecule has 19 heavy (non-hydrogen) atoms. The van der Waals surface area contributed by atoms with Gasteiger partial charge in [-0.2, -0.15) is 0 Å².